The van der Waals surface area contributed by atoms with Crippen molar-refractivity contribution >= 4 is 11.8 Å². The van der Waals surface area contributed by atoms with Crippen LogP contribution in [0.4, 0.5) is 0 Å². The van der Waals surface area contributed by atoms with Crippen molar-refractivity contribution in [2.24, 2.45) is 9.98 Å². The summed E-state index contributed by atoms with van der Waals surface area (Å²) in [6.07, 6.45) is 2.69. The summed E-state index contributed by atoms with van der Waals surface area (Å²) < 4.78 is 10.7. The fourth-order valence-corrected chi connectivity index (χ4v) is 1.35. The summed E-state index contributed by atoms with van der Waals surface area (Å²) in [7, 11) is 0. The first-order valence-corrected chi connectivity index (χ1v) is 4.77. The van der Waals surface area contributed by atoms with Gasteiger partial charge < -0.3 is 9.47 Å². The molecule has 0 aromatic rings. The van der Waals surface area contributed by atoms with Crippen LogP contribution in [0.1, 0.15) is 19.3 Å². The zero-order chi connectivity index (χ0) is 8.93. The topological polar surface area (TPSA) is 43.2 Å². The molecule has 72 valence electrons. The Labute approximate surface area is 77.7 Å². The molecule has 13 heavy (non-hydrogen) atoms. The van der Waals surface area contributed by atoms with E-state index in [2.05, 4.69) is 9.98 Å². The van der Waals surface area contributed by atoms with E-state index in [0.29, 0.717) is 6.42 Å². The molecular formula is C9H14N2O2. The quantitative estimate of drug-likeness (QED) is 0.639. The Morgan fingerprint density at radius 3 is 1.85 bits per heavy atom. The molecule has 0 aromatic heterocycles. The summed E-state index contributed by atoms with van der Waals surface area (Å²) >= 11 is 0. The first-order valence-electron chi connectivity index (χ1n) is 4.77. The van der Waals surface area contributed by atoms with E-state index >= 15 is 0 Å². The van der Waals surface area contributed by atoms with E-state index < -0.39 is 0 Å². The molecular weight excluding hydrogens is 168 g/mol. The van der Waals surface area contributed by atoms with E-state index in [-0.39, 0.29) is 0 Å². The Hall–Kier alpha value is -1.06. The van der Waals surface area contributed by atoms with E-state index in [1.165, 1.54) is 0 Å². The van der Waals surface area contributed by atoms with Gasteiger partial charge in [-0.25, -0.2) is 0 Å². The molecule has 0 saturated heterocycles. The molecule has 0 atom stereocenters. The van der Waals surface area contributed by atoms with Crippen LogP contribution in [0.2, 0.25) is 0 Å². The monoisotopic (exact) mass is 182 g/mol. The molecule has 4 nitrogen and oxygen atoms in total. The van der Waals surface area contributed by atoms with Gasteiger partial charge in [0.15, 0.2) is 11.8 Å². The summed E-state index contributed by atoms with van der Waals surface area (Å²) in [6, 6.07) is 0. The van der Waals surface area contributed by atoms with Gasteiger partial charge in [0.05, 0.1) is 19.6 Å². The third-order valence-corrected chi connectivity index (χ3v) is 2.02. The van der Waals surface area contributed by atoms with Gasteiger partial charge in [-0.1, -0.05) is 0 Å². The standard InChI is InChI=1S/C9H14N2O2/c1-3-10-8(12-5-1)7-9-11-4-2-6-13-9/h1-7H2. The Kier molecular flexibility index (Phi) is 2.79. The highest BCUT2D eigenvalue weighted by Crippen LogP contribution is 2.05. The lowest BCUT2D eigenvalue weighted by Gasteiger charge is -2.17. The highest BCUT2D eigenvalue weighted by atomic mass is 16.5. The van der Waals surface area contributed by atoms with Gasteiger partial charge in [-0.15, -0.1) is 0 Å². The van der Waals surface area contributed by atoms with Crippen molar-refractivity contribution in [3.63, 3.8) is 0 Å². The summed E-state index contributed by atoms with van der Waals surface area (Å²) in [6.45, 7) is 3.32. The molecule has 0 aromatic carbocycles. The molecule has 0 amide bonds. The van der Waals surface area contributed by atoms with Crippen LogP contribution in [-0.2, 0) is 9.47 Å². The Bertz CT molecular complexity index is 212. The van der Waals surface area contributed by atoms with Crippen molar-refractivity contribution in [3.8, 4) is 0 Å². The van der Waals surface area contributed by atoms with Crippen LogP contribution in [0, 0.1) is 0 Å². The Morgan fingerprint density at radius 2 is 1.46 bits per heavy atom. The Morgan fingerprint density at radius 1 is 0.923 bits per heavy atom. The van der Waals surface area contributed by atoms with E-state index in [4.69, 9.17) is 9.47 Å². The number of rotatable bonds is 2. The molecule has 0 bridgehead atoms. The maximum absolute atomic E-state index is 5.37. The maximum atomic E-state index is 5.37. The zero-order valence-electron chi connectivity index (χ0n) is 7.66. The normalized spacial score (nSPS) is 22.5. The lowest BCUT2D eigenvalue weighted by molar-refractivity contribution is 0.258. The van der Waals surface area contributed by atoms with Gasteiger partial charge in [0.25, 0.3) is 0 Å². The molecule has 0 spiro atoms. The zero-order valence-corrected chi connectivity index (χ0v) is 7.66. The number of ether oxygens (including phenoxy) is 2. The fourth-order valence-electron chi connectivity index (χ4n) is 1.35. The molecule has 0 radical (unpaired) electrons. The predicted octanol–water partition coefficient (Wildman–Crippen LogP) is 1.01. The van der Waals surface area contributed by atoms with Crippen LogP contribution >= 0.6 is 0 Å². The second-order valence-electron chi connectivity index (χ2n) is 3.13. The average molecular weight is 182 g/mol. The van der Waals surface area contributed by atoms with Crippen molar-refractivity contribution in [2.75, 3.05) is 26.3 Å². The van der Waals surface area contributed by atoms with Gasteiger partial charge in [0, 0.05) is 25.9 Å². The van der Waals surface area contributed by atoms with Crippen LogP contribution < -0.4 is 0 Å². The van der Waals surface area contributed by atoms with Crippen molar-refractivity contribution < 1.29 is 9.47 Å². The third kappa shape index (κ3) is 2.44. The molecule has 0 fully saturated rings. The number of hydrogen-bond donors (Lipinski definition) is 0. The number of nitrogens with zero attached hydrogens (tertiary/aromatic N) is 2. The first-order chi connectivity index (χ1) is 6.45. The molecule has 0 saturated carbocycles. The summed E-state index contributed by atoms with van der Waals surface area (Å²) in [5.74, 6) is 1.57. The lowest BCUT2D eigenvalue weighted by Crippen LogP contribution is -2.21. The van der Waals surface area contributed by atoms with Gasteiger partial charge >= 0.3 is 0 Å². The van der Waals surface area contributed by atoms with Gasteiger partial charge in [0.2, 0.25) is 0 Å². The highest BCUT2D eigenvalue weighted by Gasteiger charge is 2.12. The van der Waals surface area contributed by atoms with Crippen LogP contribution in [0.25, 0.3) is 0 Å². The van der Waals surface area contributed by atoms with Crippen LogP contribution in [-0.4, -0.2) is 38.1 Å². The fraction of sp³-hybridized carbons (Fsp3) is 0.778. The van der Waals surface area contributed by atoms with Crippen molar-refractivity contribution in [1.29, 1.82) is 0 Å². The van der Waals surface area contributed by atoms with Crippen molar-refractivity contribution in [3.05, 3.63) is 0 Å². The number of aliphatic imine (C=N–C) groups is 2. The largest absolute Gasteiger partial charge is 0.481 e. The summed E-state index contributed by atoms with van der Waals surface area (Å²) in [4.78, 5) is 8.51. The van der Waals surface area contributed by atoms with Gasteiger partial charge in [-0.05, 0) is 0 Å². The minimum Gasteiger partial charge on any atom is -0.481 e. The molecule has 2 aliphatic heterocycles. The van der Waals surface area contributed by atoms with Gasteiger partial charge in [-0.2, -0.15) is 0 Å². The maximum Gasteiger partial charge on any atom is 0.192 e. The van der Waals surface area contributed by atoms with Crippen molar-refractivity contribution in [1.82, 2.24) is 0 Å². The molecule has 2 aliphatic rings. The van der Waals surface area contributed by atoms with E-state index in [0.717, 1.165) is 50.9 Å². The average Bonchev–Trinajstić information content (AvgIpc) is 2.21. The molecule has 2 rings (SSSR count). The molecule has 2 heterocycles. The smallest absolute Gasteiger partial charge is 0.192 e. The highest BCUT2D eigenvalue weighted by molar-refractivity contribution is 5.97. The van der Waals surface area contributed by atoms with Gasteiger partial charge in [0.1, 0.15) is 0 Å². The molecule has 4 heteroatoms. The first kappa shape index (κ1) is 8.53. The summed E-state index contributed by atoms with van der Waals surface area (Å²) in [5.41, 5.74) is 0. The van der Waals surface area contributed by atoms with Crippen LogP contribution in [0.5, 0.6) is 0 Å². The van der Waals surface area contributed by atoms with Gasteiger partial charge in [-0.3, -0.25) is 9.98 Å². The number of hydrogen-bond acceptors (Lipinski definition) is 4. The second kappa shape index (κ2) is 4.25. The second-order valence-corrected chi connectivity index (χ2v) is 3.13. The minimum absolute atomic E-state index is 0.639. The molecule has 0 aliphatic carbocycles. The van der Waals surface area contributed by atoms with Crippen LogP contribution in [0.3, 0.4) is 0 Å². The predicted molar refractivity (Wildman–Crippen MR) is 50.4 cm³/mol. The lowest BCUT2D eigenvalue weighted by atomic mass is 10.3. The molecule has 0 unspecified atom stereocenters. The minimum atomic E-state index is 0.639. The summed E-state index contributed by atoms with van der Waals surface area (Å²) in [5, 5.41) is 0. The van der Waals surface area contributed by atoms with Crippen LogP contribution in [0.15, 0.2) is 9.98 Å². The SMILES string of the molecule is C1CN=C(CC2=NCCCO2)OC1. The van der Waals surface area contributed by atoms with E-state index in [1.54, 1.807) is 0 Å². The van der Waals surface area contributed by atoms with E-state index in [1.807, 2.05) is 0 Å². The van der Waals surface area contributed by atoms with Crippen molar-refractivity contribution in [2.45, 2.75) is 19.3 Å². The Balaban J connectivity index is 1.88. The van der Waals surface area contributed by atoms with E-state index in [9.17, 15) is 0 Å². The molecule has 0 N–H and O–H groups in total. The third-order valence-electron chi connectivity index (χ3n) is 2.02.